The number of rotatable bonds is 5. The van der Waals surface area contributed by atoms with Gasteiger partial charge in [0, 0.05) is 11.8 Å². The van der Waals surface area contributed by atoms with Crippen LogP contribution in [0.5, 0.6) is 0 Å². The second-order valence-corrected chi connectivity index (χ2v) is 6.38. The molecule has 3 aromatic rings. The lowest BCUT2D eigenvalue weighted by molar-refractivity contribution is -0.140. The number of aromatic nitrogens is 2. The molecule has 0 saturated carbocycles. The fraction of sp³-hybridized carbons (Fsp3) is 0.167. The van der Waals surface area contributed by atoms with E-state index in [2.05, 4.69) is 9.72 Å². The van der Waals surface area contributed by atoms with E-state index in [1.54, 1.807) is 24.3 Å². The average molecular weight is 376 g/mol. The molecule has 8 heteroatoms. The number of nitrogens with zero attached hydrogens (tertiary/aromatic N) is 2. The van der Waals surface area contributed by atoms with Crippen molar-refractivity contribution in [2.24, 2.45) is 0 Å². The molecule has 1 aromatic heterocycles. The van der Waals surface area contributed by atoms with Gasteiger partial charge in [-0.3, -0.25) is 14.2 Å². The zero-order chi connectivity index (χ0) is 18.7. The van der Waals surface area contributed by atoms with Crippen molar-refractivity contribution in [3.8, 4) is 5.69 Å². The zero-order valence-electron chi connectivity index (χ0n) is 13.7. The van der Waals surface area contributed by atoms with Crippen molar-refractivity contribution in [3.63, 3.8) is 0 Å². The molecular weight excluding hydrogens is 362 g/mol. The van der Waals surface area contributed by atoms with Gasteiger partial charge in [-0.1, -0.05) is 23.9 Å². The summed E-state index contributed by atoms with van der Waals surface area (Å²) in [5, 5.41) is 0.525. The van der Waals surface area contributed by atoms with Crippen LogP contribution in [-0.2, 0) is 9.53 Å². The smallest absolute Gasteiger partial charge is 0.306 e. The van der Waals surface area contributed by atoms with Crippen molar-refractivity contribution < 1.29 is 18.3 Å². The highest BCUT2D eigenvalue weighted by Gasteiger charge is 2.17. The predicted octanol–water partition coefficient (Wildman–Crippen LogP) is 3.32. The number of thioether (sulfide) groups is 1. The van der Waals surface area contributed by atoms with E-state index in [-0.39, 0.29) is 17.3 Å². The molecule has 0 bridgehead atoms. The van der Waals surface area contributed by atoms with Gasteiger partial charge in [0.05, 0.1) is 30.1 Å². The normalized spacial score (nSPS) is 10.9. The molecule has 0 aliphatic rings. The number of halogens is 2. The molecule has 0 spiro atoms. The van der Waals surface area contributed by atoms with E-state index in [0.29, 0.717) is 22.7 Å². The molecule has 0 atom stereocenters. The lowest BCUT2D eigenvalue weighted by Crippen LogP contribution is -2.23. The molecule has 0 fully saturated rings. The number of methoxy groups -OCH3 is 1. The van der Waals surface area contributed by atoms with Gasteiger partial charge < -0.3 is 4.74 Å². The van der Waals surface area contributed by atoms with E-state index in [1.807, 2.05) is 0 Å². The van der Waals surface area contributed by atoms with Crippen LogP contribution < -0.4 is 5.56 Å². The van der Waals surface area contributed by atoms with E-state index in [0.717, 1.165) is 22.4 Å². The average Bonchev–Trinajstić information content (AvgIpc) is 2.63. The maximum absolute atomic E-state index is 14.3. The highest BCUT2D eigenvalue weighted by Crippen LogP contribution is 2.23. The summed E-state index contributed by atoms with van der Waals surface area (Å²) in [6.07, 6.45) is 0.107. The highest BCUT2D eigenvalue weighted by molar-refractivity contribution is 7.99. The van der Waals surface area contributed by atoms with Crippen molar-refractivity contribution in [2.75, 3.05) is 12.9 Å². The minimum atomic E-state index is -0.876. The lowest BCUT2D eigenvalue weighted by Gasteiger charge is -2.13. The summed E-state index contributed by atoms with van der Waals surface area (Å²) in [5.41, 5.74) is -0.117. The van der Waals surface area contributed by atoms with Gasteiger partial charge in [-0.2, -0.15) is 0 Å². The lowest BCUT2D eigenvalue weighted by atomic mass is 10.2. The summed E-state index contributed by atoms with van der Waals surface area (Å²) in [5.74, 6) is -1.73. The number of carbonyl (C=O) groups excluding carboxylic acids is 1. The van der Waals surface area contributed by atoms with Crippen LogP contribution in [0.2, 0.25) is 0 Å². The van der Waals surface area contributed by atoms with Crippen LogP contribution >= 0.6 is 11.8 Å². The summed E-state index contributed by atoms with van der Waals surface area (Å²) in [7, 11) is 1.28. The summed E-state index contributed by atoms with van der Waals surface area (Å²) >= 11 is 1.12. The Balaban J connectivity index is 2.14. The van der Waals surface area contributed by atoms with Crippen molar-refractivity contribution in [1.82, 2.24) is 9.55 Å². The maximum atomic E-state index is 14.3. The van der Waals surface area contributed by atoms with Gasteiger partial charge in [0.2, 0.25) is 0 Å². The number of fused-ring (bicyclic) bond motifs is 1. The van der Waals surface area contributed by atoms with Crippen molar-refractivity contribution in [1.29, 1.82) is 0 Å². The third-order valence-corrected chi connectivity index (χ3v) is 4.60. The van der Waals surface area contributed by atoms with E-state index >= 15 is 0 Å². The first kappa shape index (κ1) is 18.1. The molecule has 134 valence electrons. The fourth-order valence-electron chi connectivity index (χ4n) is 2.41. The zero-order valence-corrected chi connectivity index (χ0v) is 14.6. The molecule has 0 radical (unpaired) electrons. The number of benzene rings is 2. The van der Waals surface area contributed by atoms with Crippen LogP contribution in [0.3, 0.4) is 0 Å². The van der Waals surface area contributed by atoms with Crippen LogP contribution in [0.1, 0.15) is 6.42 Å². The van der Waals surface area contributed by atoms with Crippen LogP contribution in [0.4, 0.5) is 8.78 Å². The first-order valence-electron chi connectivity index (χ1n) is 7.68. The monoisotopic (exact) mass is 376 g/mol. The summed E-state index contributed by atoms with van der Waals surface area (Å²) in [6, 6.07) is 9.65. The van der Waals surface area contributed by atoms with E-state index in [9.17, 15) is 18.4 Å². The van der Waals surface area contributed by atoms with Gasteiger partial charge in [-0.05, 0) is 24.3 Å². The van der Waals surface area contributed by atoms with Gasteiger partial charge in [0.25, 0.3) is 5.56 Å². The first-order chi connectivity index (χ1) is 12.5. The van der Waals surface area contributed by atoms with Crippen molar-refractivity contribution >= 4 is 28.6 Å². The number of hydrogen-bond acceptors (Lipinski definition) is 5. The molecule has 0 aliphatic heterocycles. The molecule has 5 nitrogen and oxygen atoms in total. The summed E-state index contributed by atoms with van der Waals surface area (Å²) in [4.78, 5) is 28.6. The van der Waals surface area contributed by atoms with E-state index in [1.165, 1.54) is 13.2 Å². The molecule has 1 heterocycles. The van der Waals surface area contributed by atoms with Gasteiger partial charge in [0.1, 0.15) is 11.6 Å². The molecule has 26 heavy (non-hydrogen) atoms. The third kappa shape index (κ3) is 3.60. The summed E-state index contributed by atoms with van der Waals surface area (Å²) < 4.78 is 33.2. The number of ether oxygens (including phenoxy) is 1. The molecule has 0 unspecified atom stereocenters. The van der Waals surface area contributed by atoms with Crippen molar-refractivity contribution in [2.45, 2.75) is 11.6 Å². The number of hydrogen-bond donors (Lipinski definition) is 0. The topological polar surface area (TPSA) is 61.2 Å². The fourth-order valence-corrected chi connectivity index (χ4v) is 3.34. The predicted molar refractivity (Wildman–Crippen MR) is 94.6 cm³/mol. The molecule has 0 aliphatic carbocycles. The first-order valence-corrected chi connectivity index (χ1v) is 8.66. The Hall–Kier alpha value is -2.74. The Bertz CT molecular complexity index is 1040. The number of para-hydroxylation sites is 1. The van der Waals surface area contributed by atoms with Crippen molar-refractivity contribution in [3.05, 3.63) is 64.5 Å². The Kier molecular flexibility index (Phi) is 5.32. The minimum Gasteiger partial charge on any atom is -0.469 e. The van der Waals surface area contributed by atoms with Gasteiger partial charge in [-0.15, -0.1) is 0 Å². The van der Waals surface area contributed by atoms with Gasteiger partial charge >= 0.3 is 5.97 Å². The second kappa shape index (κ2) is 7.65. The second-order valence-electron chi connectivity index (χ2n) is 5.32. The Labute approximate surface area is 151 Å². The molecule has 0 saturated heterocycles. The molecular formula is C18H14F2N2O3S. The Morgan fingerprint density at radius 3 is 2.73 bits per heavy atom. The third-order valence-electron chi connectivity index (χ3n) is 3.66. The van der Waals surface area contributed by atoms with Crippen LogP contribution in [-0.4, -0.2) is 28.4 Å². The molecule has 2 aromatic carbocycles. The van der Waals surface area contributed by atoms with E-state index < -0.39 is 23.2 Å². The quantitative estimate of drug-likeness (QED) is 0.388. The van der Waals surface area contributed by atoms with Gasteiger partial charge in [0.15, 0.2) is 5.16 Å². The minimum absolute atomic E-state index is 0.102. The van der Waals surface area contributed by atoms with Gasteiger partial charge in [-0.25, -0.2) is 13.8 Å². The van der Waals surface area contributed by atoms with Crippen LogP contribution in [0.15, 0.2) is 52.4 Å². The molecule has 0 N–H and O–H groups in total. The number of carbonyl (C=O) groups is 1. The standard InChI is InChI=1S/C18H14F2N2O3S/c1-25-16(23)8-9-26-18-21-14-5-3-2-4-12(14)17(24)22(18)15-7-6-11(19)10-13(15)20/h2-7,10H,8-9H2,1H3. The highest BCUT2D eigenvalue weighted by atomic mass is 32.2. The molecule has 0 amide bonds. The Morgan fingerprint density at radius 1 is 1.23 bits per heavy atom. The maximum Gasteiger partial charge on any atom is 0.306 e. The largest absolute Gasteiger partial charge is 0.469 e. The van der Waals surface area contributed by atoms with E-state index in [4.69, 9.17) is 0 Å². The molecule has 3 rings (SSSR count). The number of esters is 1. The van der Waals surface area contributed by atoms with Crippen LogP contribution in [0.25, 0.3) is 16.6 Å². The summed E-state index contributed by atoms with van der Waals surface area (Å²) in [6.45, 7) is 0. The Morgan fingerprint density at radius 2 is 2.00 bits per heavy atom. The SMILES string of the molecule is COC(=O)CCSc1nc2ccccc2c(=O)n1-c1ccc(F)cc1F. The van der Waals surface area contributed by atoms with Crippen LogP contribution in [0, 0.1) is 11.6 Å².